The Morgan fingerprint density at radius 3 is 2.57 bits per heavy atom. The molecule has 0 saturated carbocycles. The Bertz CT molecular complexity index is 1230. The molecule has 0 bridgehead atoms. The number of carbonyl (C=O) groups is 1. The van der Waals surface area contributed by atoms with Crippen molar-refractivity contribution >= 4 is 34.4 Å². The van der Waals surface area contributed by atoms with Crippen LogP contribution in [0.2, 0.25) is 0 Å². The summed E-state index contributed by atoms with van der Waals surface area (Å²) in [7, 11) is 2.14. The number of likely N-dealkylation sites (N-methyl/N-ethyl adjacent to an activating group) is 1. The third-order valence-electron chi connectivity index (χ3n) is 5.85. The molecule has 0 atom stereocenters. The number of pyridine rings is 1. The van der Waals surface area contributed by atoms with Crippen LogP contribution < -0.4 is 15.0 Å². The summed E-state index contributed by atoms with van der Waals surface area (Å²) in [6.07, 6.45) is -0.796. The van der Waals surface area contributed by atoms with E-state index in [0.717, 1.165) is 54.9 Å². The number of rotatable bonds is 5. The zero-order valence-electron chi connectivity index (χ0n) is 19.6. The van der Waals surface area contributed by atoms with Gasteiger partial charge in [0.05, 0.1) is 5.52 Å². The standard InChI is InChI=1S/C26H27F3N4O2/c1-18-16-24(33-13-3-12-32(2)14-15-33)31-23-10-7-20(17-22(18)23)30-25(34)11-6-19-4-8-21(9-5-19)35-26(27,28)29/h4-11,16-17H,3,12-15H2,1-2H3,(H,30,34)/b11-6+. The molecule has 35 heavy (non-hydrogen) atoms. The third-order valence-corrected chi connectivity index (χ3v) is 5.85. The highest BCUT2D eigenvalue weighted by molar-refractivity contribution is 6.03. The highest BCUT2D eigenvalue weighted by atomic mass is 19.4. The first kappa shape index (κ1) is 24.5. The average molecular weight is 485 g/mol. The quantitative estimate of drug-likeness (QED) is 0.503. The number of fused-ring (bicyclic) bond motifs is 1. The monoisotopic (exact) mass is 484 g/mol. The van der Waals surface area contributed by atoms with Crippen LogP contribution in [0, 0.1) is 6.92 Å². The molecule has 1 saturated heterocycles. The van der Waals surface area contributed by atoms with Crippen LogP contribution in [0.1, 0.15) is 17.5 Å². The second-order valence-electron chi connectivity index (χ2n) is 8.61. The second kappa shape index (κ2) is 10.4. The first-order valence-corrected chi connectivity index (χ1v) is 11.4. The van der Waals surface area contributed by atoms with E-state index in [4.69, 9.17) is 4.98 Å². The van der Waals surface area contributed by atoms with Crippen molar-refractivity contribution in [2.75, 3.05) is 43.4 Å². The fourth-order valence-electron chi connectivity index (χ4n) is 4.03. The van der Waals surface area contributed by atoms with Crippen molar-refractivity contribution in [3.05, 3.63) is 65.7 Å². The zero-order chi connectivity index (χ0) is 25.0. The molecule has 0 radical (unpaired) electrons. The Morgan fingerprint density at radius 2 is 1.83 bits per heavy atom. The van der Waals surface area contributed by atoms with Gasteiger partial charge in [0.1, 0.15) is 11.6 Å². The minimum absolute atomic E-state index is 0.314. The lowest BCUT2D eigenvalue weighted by Crippen LogP contribution is -2.29. The van der Waals surface area contributed by atoms with Crippen LogP contribution in [-0.2, 0) is 4.79 Å². The van der Waals surface area contributed by atoms with Gasteiger partial charge in [-0.25, -0.2) is 4.98 Å². The summed E-state index contributed by atoms with van der Waals surface area (Å²) < 4.78 is 40.6. The lowest BCUT2D eigenvalue weighted by molar-refractivity contribution is -0.274. The zero-order valence-corrected chi connectivity index (χ0v) is 19.6. The molecular formula is C26H27F3N4O2. The molecule has 1 aliphatic heterocycles. The lowest BCUT2D eigenvalue weighted by Gasteiger charge is -2.22. The predicted molar refractivity (Wildman–Crippen MR) is 132 cm³/mol. The number of hydrogen-bond acceptors (Lipinski definition) is 5. The van der Waals surface area contributed by atoms with Gasteiger partial charge in [0.15, 0.2) is 0 Å². The van der Waals surface area contributed by atoms with E-state index in [1.54, 1.807) is 0 Å². The molecule has 6 nitrogen and oxygen atoms in total. The Morgan fingerprint density at radius 1 is 1.06 bits per heavy atom. The summed E-state index contributed by atoms with van der Waals surface area (Å²) in [5.41, 5.74) is 3.15. The number of carbonyl (C=O) groups excluding carboxylic acids is 1. The van der Waals surface area contributed by atoms with E-state index in [0.29, 0.717) is 11.3 Å². The van der Waals surface area contributed by atoms with Crippen molar-refractivity contribution < 1.29 is 22.7 Å². The molecule has 0 unspecified atom stereocenters. The van der Waals surface area contributed by atoms with Crippen molar-refractivity contribution in [3.8, 4) is 5.75 Å². The van der Waals surface area contributed by atoms with E-state index in [1.165, 1.54) is 36.4 Å². The van der Waals surface area contributed by atoms with Gasteiger partial charge >= 0.3 is 6.36 Å². The van der Waals surface area contributed by atoms with Gasteiger partial charge in [-0.3, -0.25) is 4.79 Å². The number of hydrogen-bond donors (Lipinski definition) is 1. The number of alkyl halides is 3. The van der Waals surface area contributed by atoms with Gasteiger partial charge in [-0.05, 0) is 80.5 Å². The van der Waals surface area contributed by atoms with Crippen LogP contribution in [0.25, 0.3) is 17.0 Å². The first-order chi connectivity index (χ1) is 16.7. The number of anilines is 2. The second-order valence-corrected chi connectivity index (χ2v) is 8.61. The van der Waals surface area contributed by atoms with Gasteiger partial charge in [0.25, 0.3) is 0 Å². The van der Waals surface area contributed by atoms with Crippen molar-refractivity contribution in [1.29, 1.82) is 0 Å². The molecule has 2 heterocycles. The van der Waals surface area contributed by atoms with Crippen LogP contribution in [-0.4, -0.2) is 55.4 Å². The molecular weight excluding hydrogens is 457 g/mol. The molecule has 3 aromatic rings. The van der Waals surface area contributed by atoms with Crippen molar-refractivity contribution in [2.24, 2.45) is 0 Å². The van der Waals surface area contributed by atoms with Gasteiger partial charge in [-0.2, -0.15) is 0 Å². The summed E-state index contributed by atoms with van der Waals surface area (Å²) in [6, 6.07) is 13.0. The molecule has 0 aliphatic carbocycles. The van der Waals surface area contributed by atoms with Gasteiger partial charge in [0.2, 0.25) is 5.91 Å². The minimum atomic E-state index is -4.74. The van der Waals surface area contributed by atoms with Crippen molar-refractivity contribution in [2.45, 2.75) is 19.7 Å². The number of nitrogens with one attached hydrogen (secondary N) is 1. The number of aromatic nitrogens is 1. The summed E-state index contributed by atoms with van der Waals surface area (Å²) in [5.74, 6) is 0.304. The molecule has 2 aromatic carbocycles. The number of ether oxygens (including phenoxy) is 1. The summed E-state index contributed by atoms with van der Waals surface area (Å²) >= 11 is 0. The normalized spacial score (nSPS) is 15.4. The van der Waals surface area contributed by atoms with Gasteiger partial charge in [0, 0.05) is 36.8 Å². The van der Waals surface area contributed by atoms with Gasteiger partial charge in [-0.1, -0.05) is 12.1 Å². The predicted octanol–water partition coefficient (Wildman–Crippen LogP) is 5.24. The molecule has 1 amide bonds. The third kappa shape index (κ3) is 6.73. The number of halogens is 3. The summed E-state index contributed by atoms with van der Waals surface area (Å²) in [5, 5.41) is 3.78. The van der Waals surface area contributed by atoms with E-state index >= 15 is 0 Å². The fraction of sp³-hybridized carbons (Fsp3) is 0.308. The summed E-state index contributed by atoms with van der Waals surface area (Å²) in [4.78, 5) is 21.9. The van der Waals surface area contributed by atoms with Gasteiger partial charge in [-0.15, -0.1) is 13.2 Å². The number of benzene rings is 2. The molecule has 184 valence electrons. The maximum Gasteiger partial charge on any atom is 0.573 e. The van der Waals surface area contributed by atoms with E-state index < -0.39 is 6.36 Å². The Labute approximate surface area is 202 Å². The Hall–Kier alpha value is -3.59. The van der Waals surface area contributed by atoms with Crippen LogP contribution in [0.4, 0.5) is 24.7 Å². The number of nitrogens with zero attached hydrogens (tertiary/aromatic N) is 3. The number of aryl methyl sites for hydroxylation is 1. The smallest absolute Gasteiger partial charge is 0.406 e. The summed E-state index contributed by atoms with van der Waals surface area (Å²) in [6.45, 7) is 6.03. The molecule has 1 aromatic heterocycles. The van der Waals surface area contributed by atoms with E-state index in [1.807, 2.05) is 25.1 Å². The Balaban J connectivity index is 1.42. The van der Waals surface area contributed by atoms with Crippen LogP contribution in [0.5, 0.6) is 5.75 Å². The van der Waals surface area contributed by atoms with Crippen molar-refractivity contribution in [3.63, 3.8) is 0 Å². The molecule has 9 heteroatoms. The maximum absolute atomic E-state index is 12.4. The molecule has 1 aliphatic rings. The molecule has 4 rings (SSSR count). The first-order valence-electron chi connectivity index (χ1n) is 11.4. The van der Waals surface area contributed by atoms with Crippen LogP contribution in [0.15, 0.2) is 54.6 Å². The minimum Gasteiger partial charge on any atom is -0.406 e. The molecule has 0 spiro atoms. The van der Waals surface area contributed by atoms with E-state index in [9.17, 15) is 18.0 Å². The fourth-order valence-corrected chi connectivity index (χ4v) is 4.03. The molecule has 1 fully saturated rings. The van der Waals surface area contributed by atoms with Crippen LogP contribution >= 0.6 is 0 Å². The van der Waals surface area contributed by atoms with Crippen LogP contribution in [0.3, 0.4) is 0 Å². The highest BCUT2D eigenvalue weighted by Crippen LogP contribution is 2.26. The molecule has 1 N–H and O–H groups in total. The highest BCUT2D eigenvalue weighted by Gasteiger charge is 2.30. The Kier molecular flexibility index (Phi) is 7.25. The maximum atomic E-state index is 12.4. The SMILES string of the molecule is Cc1cc(N2CCCN(C)CC2)nc2ccc(NC(=O)/C=C/c3ccc(OC(F)(F)F)cc3)cc12. The average Bonchev–Trinajstić information content (AvgIpc) is 3.02. The van der Waals surface area contributed by atoms with Gasteiger partial charge < -0.3 is 19.9 Å². The lowest BCUT2D eigenvalue weighted by atomic mass is 10.1. The van der Waals surface area contributed by atoms with E-state index in [-0.39, 0.29) is 11.7 Å². The largest absolute Gasteiger partial charge is 0.573 e. The van der Waals surface area contributed by atoms with Crippen molar-refractivity contribution in [1.82, 2.24) is 9.88 Å². The number of amides is 1. The van der Waals surface area contributed by atoms with E-state index in [2.05, 4.69) is 33.0 Å². The topological polar surface area (TPSA) is 57.7 Å².